The molecule has 1 unspecified atom stereocenters. The summed E-state index contributed by atoms with van der Waals surface area (Å²) in [4.78, 5) is 11.0. The summed E-state index contributed by atoms with van der Waals surface area (Å²) >= 11 is 0. The van der Waals surface area contributed by atoms with E-state index >= 15 is 0 Å². The molecule has 2 N–H and O–H groups in total. The van der Waals surface area contributed by atoms with Crippen LogP contribution in [0.3, 0.4) is 0 Å². The summed E-state index contributed by atoms with van der Waals surface area (Å²) in [6, 6.07) is 10.6. The molecule has 0 saturated carbocycles. The zero-order valence-electron chi connectivity index (χ0n) is 14.0. The third-order valence-electron chi connectivity index (χ3n) is 3.82. The average Bonchev–Trinajstić information content (AvgIpc) is 2.65. The lowest BCUT2D eigenvalue weighted by Crippen LogP contribution is -2.51. The van der Waals surface area contributed by atoms with Gasteiger partial charge in [0.15, 0.2) is 5.60 Å². The van der Waals surface area contributed by atoms with Gasteiger partial charge in [0.05, 0.1) is 24.1 Å². The van der Waals surface area contributed by atoms with Crippen molar-refractivity contribution in [1.82, 2.24) is 4.72 Å². The van der Waals surface area contributed by atoms with Gasteiger partial charge in [0.1, 0.15) is 0 Å². The second-order valence-corrected chi connectivity index (χ2v) is 7.33. The van der Waals surface area contributed by atoms with Crippen LogP contribution < -0.4 is 4.72 Å². The van der Waals surface area contributed by atoms with Gasteiger partial charge in [-0.3, -0.25) is 0 Å². The number of sulfonamides is 1. The summed E-state index contributed by atoms with van der Waals surface area (Å²) in [6.45, 7) is -1.32. The first-order chi connectivity index (χ1) is 12.5. The van der Waals surface area contributed by atoms with E-state index in [-0.39, 0.29) is 10.5 Å². The molecule has 10 heteroatoms. The molecule has 0 spiro atoms. The number of benzene rings is 2. The number of alkyl halides is 3. The SMILES string of the molecule is COC(=O)c1ccc(S(=O)(=O)NCC(O)(c2ccccc2)C(F)(F)F)cc1. The third kappa shape index (κ3) is 4.46. The standard InChI is InChI=1S/C17H16F3NO5S/c1-26-15(22)12-7-9-14(10-8-12)27(24,25)21-11-16(23,17(18,19)20)13-5-3-2-4-6-13/h2-10,21,23H,11H2,1H3. The minimum Gasteiger partial charge on any atom is -0.465 e. The van der Waals surface area contributed by atoms with Crippen LogP contribution in [-0.2, 0) is 20.4 Å². The monoisotopic (exact) mass is 403 g/mol. The van der Waals surface area contributed by atoms with E-state index < -0.39 is 39.9 Å². The molecule has 0 saturated heterocycles. The van der Waals surface area contributed by atoms with E-state index in [1.54, 1.807) is 4.72 Å². The average molecular weight is 403 g/mol. The third-order valence-corrected chi connectivity index (χ3v) is 5.24. The highest BCUT2D eigenvalue weighted by atomic mass is 32.2. The second-order valence-electron chi connectivity index (χ2n) is 5.56. The molecule has 2 aromatic rings. The van der Waals surface area contributed by atoms with E-state index in [1.807, 2.05) is 0 Å². The quantitative estimate of drug-likeness (QED) is 0.722. The second kappa shape index (κ2) is 7.67. The first-order valence-corrected chi connectivity index (χ1v) is 9.02. The Morgan fingerprint density at radius 1 is 1.07 bits per heavy atom. The first kappa shape index (κ1) is 20.9. The lowest BCUT2D eigenvalue weighted by atomic mass is 9.93. The Morgan fingerprint density at radius 3 is 2.11 bits per heavy atom. The zero-order chi connectivity index (χ0) is 20.3. The molecule has 0 amide bonds. The van der Waals surface area contributed by atoms with Crippen LogP contribution in [0.4, 0.5) is 13.2 Å². The highest BCUT2D eigenvalue weighted by molar-refractivity contribution is 7.89. The number of hydrogen-bond donors (Lipinski definition) is 2. The first-order valence-electron chi connectivity index (χ1n) is 7.54. The number of hydrogen-bond acceptors (Lipinski definition) is 5. The van der Waals surface area contributed by atoms with Crippen LogP contribution in [0.25, 0.3) is 0 Å². The molecular weight excluding hydrogens is 387 g/mol. The normalized spacial score (nSPS) is 14.4. The van der Waals surface area contributed by atoms with Crippen molar-refractivity contribution in [3.8, 4) is 0 Å². The molecule has 0 fully saturated rings. The minimum absolute atomic E-state index is 0.0764. The number of aliphatic hydroxyl groups is 1. The lowest BCUT2D eigenvalue weighted by molar-refractivity contribution is -0.263. The fourth-order valence-corrected chi connectivity index (χ4v) is 3.31. The van der Waals surface area contributed by atoms with Crippen LogP contribution in [-0.4, -0.2) is 39.3 Å². The van der Waals surface area contributed by atoms with Crippen molar-refractivity contribution in [3.63, 3.8) is 0 Å². The number of esters is 1. The van der Waals surface area contributed by atoms with Crippen LogP contribution in [0.2, 0.25) is 0 Å². The molecule has 146 valence electrons. The zero-order valence-corrected chi connectivity index (χ0v) is 14.8. The number of carbonyl (C=O) groups excluding carboxylic acids is 1. The number of rotatable bonds is 6. The van der Waals surface area contributed by atoms with E-state index in [9.17, 15) is 31.5 Å². The van der Waals surface area contributed by atoms with Gasteiger partial charge in [-0.15, -0.1) is 0 Å². The van der Waals surface area contributed by atoms with Crippen molar-refractivity contribution < 1.29 is 36.2 Å². The molecule has 0 aliphatic rings. The molecule has 1 atom stereocenters. The molecule has 0 radical (unpaired) electrons. The van der Waals surface area contributed by atoms with Gasteiger partial charge in [-0.25, -0.2) is 17.9 Å². The van der Waals surface area contributed by atoms with Crippen molar-refractivity contribution >= 4 is 16.0 Å². The van der Waals surface area contributed by atoms with Crippen molar-refractivity contribution in [1.29, 1.82) is 0 Å². The maximum Gasteiger partial charge on any atom is 0.422 e. The molecule has 27 heavy (non-hydrogen) atoms. The van der Waals surface area contributed by atoms with Gasteiger partial charge in [0, 0.05) is 0 Å². The van der Waals surface area contributed by atoms with Gasteiger partial charge in [0.2, 0.25) is 10.0 Å². The summed E-state index contributed by atoms with van der Waals surface area (Å²) in [5.74, 6) is -0.692. The molecule has 0 heterocycles. The summed E-state index contributed by atoms with van der Waals surface area (Å²) in [6.07, 6.45) is -5.12. The Balaban J connectivity index is 2.27. The van der Waals surface area contributed by atoms with Gasteiger partial charge in [-0.1, -0.05) is 30.3 Å². The summed E-state index contributed by atoms with van der Waals surface area (Å²) in [5.41, 5.74) is -3.83. The highest BCUT2D eigenvalue weighted by Crippen LogP contribution is 2.38. The Labute approximate surface area is 153 Å². The van der Waals surface area contributed by atoms with Crippen LogP contribution in [0.5, 0.6) is 0 Å². The van der Waals surface area contributed by atoms with E-state index in [2.05, 4.69) is 4.74 Å². The van der Waals surface area contributed by atoms with Crippen molar-refractivity contribution in [2.75, 3.05) is 13.7 Å². The van der Waals surface area contributed by atoms with Gasteiger partial charge in [-0.2, -0.15) is 13.2 Å². The Morgan fingerprint density at radius 2 is 1.63 bits per heavy atom. The van der Waals surface area contributed by atoms with Crippen LogP contribution in [0, 0.1) is 0 Å². The van der Waals surface area contributed by atoms with Gasteiger partial charge < -0.3 is 9.84 Å². The van der Waals surface area contributed by atoms with Crippen molar-refractivity contribution in [2.24, 2.45) is 0 Å². The largest absolute Gasteiger partial charge is 0.465 e. The molecular formula is C17H16F3NO5S. The molecule has 0 aliphatic heterocycles. The fourth-order valence-electron chi connectivity index (χ4n) is 2.25. The van der Waals surface area contributed by atoms with Crippen LogP contribution in [0.15, 0.2) is 59.5 Å². The molecule has 0 aliphatic carbocycles. The number of halogens is 3. The van der Waals surface area contributed by atoms with Gasteiger partial charge in [0.25, 0.3) is 0 Å². The highest BCUT2D eigenvalue weighted by Gasteiger charge is 2.55. The molecule has 2 rings (SSSR count). The lowest BCUT2D eigenvalue weighted by Gasteiger charge is -2.31. The van der Waals surface area contributed by atoms with Gasteiger partial charge >= 0.3 is 12.1 Å². The predicted molar refractivity (Wildman–Crippen MR) is 89.4 cm³/mol. The van der Waals surface area contributed by atoms with Crippen molar-refractivity contribution in [3.05, 3.63) is 65.7 Å². The van der Waals surface area contributed by atoms with E-state index in [1.165, 1.54) is 18.2 Å². The Bertz CT molecular complexity index is 898. The van der Waals surface area contributed by atoms with Gasteiger partial charge in [-0.05, 0) is 29.8 Å². The smallest absolute Gasteiger partial charge is 0.422 e. The van der Waals surface area contributed by atoms with E-state index in [4.69, 9.17) is 0 Å². The Kier molecular flexibility index (Phi) is 5.93. The predicted octanol–water partition coefficient (Wildman–Crippen LogP) is 2.20. The van der Waals surface area contributed by atoms with Crippen LogP contribution >= 0.6 is 0 Å². The summed E-state index contributed by atoms with van der Waals surface area (Å²) < 4.78 is 71.0. The Hall–Kier alpha value is -2.43. The van der Waals surface area contributed by atoms with Crippen LogP contribution in [0.1, 0.15) is 15.9 Å². The summed E-state index contributed by atoms with van der Waals surface area (Å²) in [5, 5.41) is 10.2. The topological polar surface area (TPSA) is 92.7 Å². The maximum atomic E-state index is 13.4. The summed E-state index contributed by atoms with van der Waals surface area (Å²) in [7, 11) is -3.22. The molecule has 2 aromatic carbocycles. The number of nitrogens with one attached hydrogen (secondary N) is 1. The minimum atomic E-state index is -5.12. The molecule has 0 aromatic heterocycles. The van der Waals surface area contributed by atoms with E-state index in [0.717, 1.165) is 43.5 Å². The molecule has 6 nitrogen and oxygen atoms in total. The number of methoxy groups -OCH3 is 1. The van der Waals surface area contributed by atoms with E-state index in [0.29, 0.717) is 0 Å². The fraction of sp³-hybridized carbons (Fsp3) is 0.235. The molecule has 0 bridgehead atoms. The number of ether oxygens (including phenoxy) is 1. The maximum absolute atomic E-state index is 13.4. The van der Waals surface area contributed by atoms with Crippen molar-refractivity contribution in [2.45, 2.75) is 16.7 Å². The number of carbonyl (C=O) groups is 1.